The van der Waals surface area contributed by atoms with E-state index < -0.39 is 5.82 Å². The molecule has 5 heteroatoms. The minimum Gasteiger partial charge on any atom is -0.491 e. The molecule has 0 unspecified atom stereocenters. The Hall–Kier alpha value is -3.34. The molecular formula is C23H21FN2O2. The molecule has 0 saturated heterocycles. The van der Waals surface area contributed by atoms with Crippen molar-refractivity contribution in [2.75, 3.05) is 16.8 Å². The van der Waals surface area contributed by atoms with Gasteiger partial charge in [0.15, 0.2) is 0 Å². The van der Waals surface area contributed by atoms with Crippen molar-refractivity contribution in [1.82, 2.24) is 0 Å². The number of nitrogens with one attached hydrogen (secondary N) is 1. The first-order valence-electron chi connectivity index (χ1n) is 9.28. The van der Waals surface area contributed by atoms with Crippen molar-refractivity contribution in [1.29, 1.82) is 0 Å². The van der Waals surface area contributed by atoms with Gasteiger partial charge in [-0.05, 0) is 23.3 Å². The van der Waals surface area contributed by atoms with Gasteiger partial charge >= 0.3 is 0 Å². The molecule has 0 spiro atoms. The molecular weight excluding hydrogens is 355 g/mol. The molecule has 3 aromatic rings. The van der Waals surface area contributed by atoms with Gasteiger partial charge in [-0.1, -0.05) is 60.7 Å². The minimum absolute atomic E-state index is 0.176. The summed E-state index contributed by atoms with van der Waals surface area (Å²) in [6, 6.07) is 22.7. The highest BCUT2D eigenvalue weighted by molar-refractivity contribution is 5.97. The molecule has 1 N–H and O–H groups in total. The Balaban J connectivity index is 1.78. The summed E-state index contributed by atoms with van der Waals surface area (Å²) in [5, 5.41) is 2.84. The predicted molar refractivity (Wildman–Crippen MR) is 108 cm³/mol. The Kier molecular flexibility index (Phi) is 5.24. The summed E-state index contributed by atoms with van der Waals surface area (Å²) in [4.78, 5) is 14.1. The molecule has 0 fully saturated rings. The molecule has 0 atom stereocenters. The van der Waals surface area contributed by atoms with E-state index in [1.165, 1.54) is 6.07 Å². The highest BCUT2D eigenvalue weighted by atomic mass is 19.1. The number of amides is 1. The molecule has 4 rings (SSSR count). The van der Waals surface area contributed by atoms with Gasteiger partial charge in [0, 0.05) is 13.1 Å². The van der Waals surface area contributed by atoms with Crippen molar-refractivity contribution in [2.24, 2.45) is 0 Å². The summed E-state index contributed by atoms with van der Waals surface area (Å²) in [7, 11) is 0. The van der Waals surface area contributed by atoms with E-state index in [1.807, 2.05) is 65.6 Å². The van der Waals surface area contributed by atoms with Crippen LogP contribution >= 0.6 is 0 Å². The van der Waals surface area contributed by atoms with Gasteiger partial charge in [0.2, 0.25) is 5.91 Å². The predicted octanol–water partition coefficient (Wildman–Crippen LogP) is 4.75. The van der Waals surface area contributed by atoms with Crippen LogP contribution in [0.3, 0.4) is 0 Å². The smallest absolute Gasteiger partial charge is 0.227 e. The van der Waals surface area contributed by atoms with Gasteiger partial charge in [0.25, 0.3) is 0 Å². The number of halogens is 1. The van der Waals surface area contributed by atoms with Gasteiger partial charge in [-0.2, -0.15) is 0 Å². The fourth-order valence-corrected chi connectivity index (χ4v) is 3.37. The van der Waals surface area contributed by atoms with Gasteiger partial charge in [-0.25, -0.2) is 4.39 Å². The molecule has 0 aliphatic carbocycles. The van der Waals surface area contributed by atoms with E-state index in [2.05, 4.69) is 5.32 Å². The minimum atomic E-state index is -0.392. The number of fused-ring (bicyclic) bond motifs is 1. The lowest BCUT2D eigenvalue weighted by Crippen LogP contribution is -2.25. The van der Waals surface area contributed by atoms with Crippen molar-refractivity contribution < 1.29 is 13.9 Å². The molecule has 0 aromatic heterocycles. The summed E-state index contributed by atoms with van der Waals surface area (Å²) in [6.07, 6.45) is 0.243. The topological polar surface area (TPSA) is 41.6 Å². The molecule has 0 radical (unpaired) electrons. The fourth-order valence-electron chi connectivity index (χ4n) is 3.37. The Morgan fingerprint density at radius 2 is 1.50 bits per heavy atom. The second kappa shape index (κ2) is 8.13. The standard InChI is InChI=1S/C23H21FN2O2/c24-19-11-12-20-22(25-21(27)13-14-28-20)23(19)26(15-17-7-3-1-4-8-17)16-18-9-5-2-6-10-18/h1-12H,13-16H2,(H,25,27). The normalized spacial score (nSPS) is 13.1. The third-order valence-corrected chi connectivity index (χ3v) is 4.69. The van der Waals surface area contributed by atoms with Gasteiger partial charge in [-0.15, -0.1) is 0 Å². The monoisotopic (exact) mass is 376 g/mol. The molecule has 1 aliphatic rings. The first-order valence-corrected chi connectivity index (χ1v) is 9.28. The summed E-state index contributed by atoms with van der Waals surface area (Å²) < 4.78 is 20.7. The van der Waals surface area contributed by atoms with Crippen molar-refractivity contribution in [2.45, 2.75) is 19.5 Å². The second-order valence-electron chi connectivity index (χ2n) is 6.74. The van der Waals surface area contributed by atoms with E-state index in [9.17, 15) is 4.79 Å². The van der Waals surface area contributed by atoms with Crippen molar-refractivity contribution in [3.05, 3.63) is 89.7 Å². The molecule has 3 aromatic carbocycles. The lowest BCUT2D eigenvalue weighted by atomic mass is 10.1. The molecule has 1 aliphatic heterocycles. The number of anilines is 2. The molecule has 142 valence electrons. The quantitative estimate of drug-likeness (QED) is 0.698. The van der Waals surface area contributed by atoms with Gasteiger partial charge in [0.1, 0.15) is 22.9 Å². The zero-order chi connectivity index (χ0) is 19.3. The van der Waals surface area contributed by atoms with Crippen LogP contribution in [0.5, 0.6) is 5.75 Å². The molecule has 4 nitrogen and oxygen atoms in total. The summed E-state index contributed by atoms with van der Waals surface area (Å²) >= 11 is 0. The van der Waals surface area contributed by atoms with E-state index in [4.69, 9.17) is 4.74 Å². The van der Waals surface area contributed by atoms with Gasteiger partial charge in [-0.3, -0.25) is 4.79 Å². The largest absolute Gasteiger partial charge is 0.491 e. The number of hydrogen-bond acceptors (Lipinski definition) is 3. The van der Waals surface area contributed by atoms with E-state index in [-0.39, 0.29) is 18.9 Å². The van der Waals surface area contributed by atoms with Crippen LogP contribution in [0, 0.1) is 5.82 Å². The van der Waals surface area contributed by atoms with E-state index in [0.29, 0.717) is 30.2 Å². The second-order valence-corrected chi connectivity index (χ2v) is 6.74. The average molecular weight is 376 g/mol. The summed E-state index contributed by atoms with van der Waals surface area (Å²) in [5.41, 5.74) is 2.85. The van der Waals surface area contributed by atoms with Crippen molar-refractivity contribution >= 4 is 17.3 Å². The highest BCUT2D eigenvalue weighted by Gasteiger charge is 2.24. The number of hydrogen-bond donors (Lipinski definition) is 1. The van der Waals surface area contributed by atoms with Crippen LogP contribution in [0.1, 0.15) is 17.5 Å². The Morgan fingerprint density at radius 3 is 2.11 bits per heavy atom. The van der Waals surface area contributed by atoms with Crippen LogP contribution in [0.15, 0.2) is 72.8 Å². The highest BCUT2D eigenvalue weighted by Crippen LogP contribution is 2.40. The zero-order valence-electron chi connectivity index (χ0n) is 15.4. The number of rotatable bonds is 5. The Labute approximate surface area is 163 Å². The van der Waals surface area contributed by atoms with Crippen molar-refractivity contribution in [3.63, 3.8) is 0 Å². The number of benzene rings is 3. The van der Waals surface area contributed by atoms with Crippen LogP contribution in [-0.2, 0) is 17.9 Å². The lowest BCUT2D eigenvalue weighted by Gasteiger charge is -2.28. The van der Waals surface area contributed by atoms with Crippen molar-refractivity contribution in [3.8, 4) is 5.75 Å². The number of ether oxygens (including phenoxy) is 1. The molecule has 0 saturated carbocycles. The Bertz CT molecular complexity index is 920. The molecule has 0 bridgehead atoms. The lowest BCUT2D eigenvalue weighted by molar-refractivity contribution is -0.116. The first-order chi connectivity index (χ1) is 13.7. The maximum Gasteiger partial charge on any atom is 0.227 e. The van der Waals surface area contributed by atoms with E-state index in [1.54, 1.807) is 6.07 Å². The zero-order valence-corrected chi connectivity index (χ0v) is 15.4. The average Bonchev–Trinajstić information content (AvgIpc) is 2.90. The fraction of sp³-hybridized carbons (Fsp3) is 0.174. The van der Waals surface area contributed by atoms with Crippen LogP contribution in [0.4, 0.5) is 15.8 Å². The maximum atomic E-state index is 15.0. The third kappa shape index (κ3) is 3.98. The van der Waals surface area contributed by atoms with Crippen LogP contribution in [0.25, 0.3) is 0 Å². The number of carbonyl (C=O) groups is 1. The van der Waals surface area contributed by atoms with E-state index in [0.717, 1.165) is 11.1 Å². The van der Waals surface area contributed by atoms with Crippen LogP contribution in [0.2, 0.25) is 0 Å². The number of carbonyl (C=O) groups excluding carboxylic acids is 1. The van der Waals surface area contributed by atoms with Gasteiger partial charge in [0.05, 0.1) is 13.0 Å². The maximum absolute atomic E-state index is 15.0. The first kappa shape index (κ1) is 18.0. The Morgan fingerprint density at radius 1 is 0.893 bits per heavy atom. The SMILES string of the molecule is O=C1CCOc2ccc(F)c(N(Cc3ccccc3)Cc3ccccc3)c2N1. The summed E-state index contributed by atoms with van der Waals surface area (Å²) in [5.74, 6) is -0.0743. The molecule has 28 heavy (non-hydrogen) atoms. The molecule has 1 amide bonds. The van der Waals surface area contributed by atoms with Crippen LogP contribution < -0.4 is 15.0 Å². The molecule has 1 heterocycles. The van der Waals surface area contributed by atoms with Gasteiger partial charge < -0.3 is 15.0 Å². The van der Waals surface area contributed by atoms with E-state index >= 15 is 4.39 Å². The van der Waals surface area contributed by atoms with Crippen LogP contribution in [-0.4, -0.2) is 12.5 Å². The summed E-state index contributed by atoms with van der Waals surface area (Å²) in [6.45, 7) is 1.28. The number of nitrogens with zero attached hydrogens (tertiary/aromatic N) is 1. The third-order valence-electron chi connectivity index (χ3n) is 4.69.